The molecule has 4 rings (SSSR count). The van der Waals surface area contributed by atoms with Crippen molar-refractivity contribution in [2.75, 3.05) is 30.9 Å². The molecule has 3 amide bonds. The average Bonchev–Trinajstić information content (AvgIpc) is 2.99. The average molecular weight is 354 g/mol. The Morgan fingerprint density at radius 3 is 2.68 bits per heavy atom. The highest BCUT2D eigenvalue weighted by atomic mass is 19.1. The number of nitrogens with zero attached hydrogens (tertiary/aromatic N) is 2. The van der Waals surface area contributed by atoms with Crippen molar-refractivity contribution in [3.63, 3.8) is 0 Å². The minimum Gasteiger partial charge on any atom is -0.367 e. The number of hydrogen-bond donors (Lipinski definition) is 2. The van der Waals surface area contributed by atoms with Crippen molar-refractivity contribution in [2.45, 2.75) is 25.4 Å². The van der Waals surface area contributed by atoms with Gasteiger partial charge in [0.05, 0.1) is 17.7 Å². The Labute approximate surface area is 155 Å². The second-order valence-corrected chi connectivity index (χ2v) is 5.76. The van der Waals surface area contributed by atoms with E-state index in [1.54, 1.807) is 5.32 Å². The lowest BCUT2D eigenvalue weighted by Crippen LogP contribution is -2.52. The van der Waals surface area contributed by atoms with E-state index < -0.39 is 67.8 Å². The van der Waals surface area contributed by atoms with Gasteiger partial charge in [0.15, 0.2) is 5.82 Å². The molecule has 2 saturated heterocycles. The van der Waals surface area contributed by atoms with Gasteiger partial charge in [0.25, 0.3) is 5.91 Å². The number of carbonyl (C=O) groups excluding carboxylic acids is 3. The molecule has 25 heavy (non-hydrogen) atoms. The molecule has 132 valence electrons. The molecule has 0 aromatic heterocycles. The quantitative estimate of drug-likeness (QED) is 0.731. The van der Waals surface area contributed by atoms with Crippen LogP contribution in [0.15, 0.2) is 12.1 Å². The Morgan fingerprint density at radius 1 is 1.20 bits per heavy atom. The number of fused-ring (bicyclic) bond motifs is 1. The van der Waals surface area contributed by atoms with E-state index in [-0.39, 0.29) is 28.9 Å². The summed E-state index contributed by atoms with van der Waals surface area (Å²) in [6.07, 6.45) is 0.0117. The van der Waals surface area contributed by atoms with Crippen molar-refractivity contribution in [2.24, 2.45) is 0 Å². The molecule has 0 radical (unpaired) electrons. The number of imide groups is 1. The molecule has 0 bridgehead atoms. The summed E-state index contributed by atoms with van der Waals surface area (Å²) in [6.45, 7) is -13.2. The van der Waals surface area contributed by atoms with Crippen LogP contribution in [-0.4, -0.2) is 54.7 Å². The first-order chi connectivity index (χ1) is 15.0. The highest BCUT2D eigenvalue weighted by Gasteiger charge is 2.40. The number of carbonyl (C=O) groups is 3. The molecule has 1 atom stereocenters. The Kier molecular flexibility index (Phi) is 2.27. The van der Waals surface area contributed by atoms with E-state index >= 15 is 4.39 Å². The zero-order valence-corrected chi connectivity index (χ0v) is 12.9. The van der Waals surface area contributed by atoms with Gasteiger partial charge >= 0.3 is 0 Å². The first-order valence-electron chi connectivity index (χ1n) is 11.6. The van der Waals surface area contributed by atoms with Gasteiger partial charge in [-0.15, -0.1) is 0 Å². The van der Waals surface area contributed by atoms with E-state index in [9.17, 15) is 14.4 Å². The van der Waals surface area contributed by atoms with Crippen molar-refractivity contribution in [3.05, 3.63) is 29.1 Å². The molecule has 3 aliphatic rings. The van der Waals surface area contributed by atoms with Crippen molar-refractivity contribution < 1.29 is 29.7 Å². The molecular weight excluding hydrogens is 327 g/mol. The van der Waals surface area contributed by atoms with Crippen molar-refractivity contribution in [3.8, 4) is 0 Å². The summed E-state index contributed by atoms with van der Waals surface area (Å²) in [4.78, 5) is 37.5. The zero-order valence-electron chi connectivity index (χ0n) is 20.9. The number of halogens is 1. The van der Waals surface area contributed by atoms with Crippen molar-refractivity contribution in [1.82, 2.24) is 15.5 Å². The summed E-state index contributed by atoms with van der Waals surface area (Å²) in [5.41, 5.74) is -1.20. The maximum Gasteiger partial charge on any atom is 0.255 e. The second-order valence-electron chi connectivity index (χ2n) is 5.76. The lowest BCUT2D eigenvalue weighted by molar-refractivity contribution is -0.136. The smallest absolute Gasteiger partial charge is 0.255 e. The second kappa shape index (κ2) is 6.11. The van der Waals surface area contributed by atoms with Gasteiger partial charge in [-0.05, 0) is 18.6 Å². The van der Waals surface area contributed by atoms with E-state index in [1.807, 2.05) is 0 Å². The van der Waals surface area contributed by atoms with Crippen LogP contribution in [0.25, 0.3) is 0 Å². The topological polar surface area (TPSA) is 81.8 Å². The van der Waals surface area contributed by atoms with Crippen LogP contribution in [0.2, 0.25) is 0 Å². The van der Waals surface area contributed by atoms with Gasteiger partial charge in [0, 0.05) is 49.0 Å². The molecule has 3 heterocycles. The van der Waals surface area contributed by atoms with E-state index in [0.717, 1.165) is 17.0 Å². The summed E-state index contributed by atoms with van der Waals surface area (Å²) < 4.78 is 79.8. The third-order valence-electron chi connectivity index (χ3n) is 4.33. The molecule has 1 aromatic carbocycles. The van der Waals surface area contributed by atoms with Gasteiger partial charge in [-0.3, -0.25) is 19.7 Å². The van der Waals surface area contributed by atoms with Gasteiger partial charge in [-0.2, -0.15) is 0 Å². The van der Waals surface area contributed by atoms with Crippen LogP contribution < -0.4 is 15.5 Å². The van der Waals surface area contributed by atoms with Crippen LogP contribution in [0.5, 0.6) is 0 Å². The maximum atomic E-state index is 15.6. The van der Waals surface area contributed by atoms with Crippen molar-refractivity contribution in [1.29, 1.82) is 0 Å². The molecule has 1 unspecified atom stereocenters. The molecule has 2 fully saturated rings. The molecule has 7 nitrogen and oxygen atoms in total. The summed E-state index contributed by atoms with van der Waals surface area (Å²) in [5.74, 6) is -3.16. The first kappa shape index (κ1) is 9.28. The predicted molar refractivity (Wildman–Crippen MR) is 87.5 cm³/mol. The summed E-state index contributed by atoms with van der Waals surface area (Å²) >= 11 is 0. The number of rotatable bonds is 2. The van der Waals surface area contributed by atoms with Gasteiger partial charge in [0.2, 0.25) is 11.8 Å². The fraction of sp³-hybridized carbons (Fsp3) is 0.471. The Hall–Kier alpha value is -2.48. The van der Waals surface area contributed by atoms with Gasteiger partial charge in [0.1, 0.15) is 6.04 Å². The minimum absolute atomic E-state index is 0.0182. The summed E-state index contributed by atoms with van der Waals surface area (Å²) in [7, 11) is 0. The van der Waals surface area contributed by atoms with Crippen LogP contribution in [0.3, 0.4) is 0 Å². The molecule has 8 heteroatoms. The zero-order chi connectivity index (χ0) is 24.7. The van der Waals surface area contributed by atoms with Crippen LogP contribution in [0.1, 0.15) is 39.7 Å². The van der Waals surface area contributed by atoms with E-state index in [2.05, 4.69) is 5.32 Å². The van der Waals surface area contributed by atoms with Crippen LogP contribution in [-0.2, 0) is 16.1 Å². The minimum atomic E-state index is -3.25. The number of piperidine rings is 1. The lowest BCUT2D eigenvalue weighted by atomic mass is 10.0. The highest BCUT2D eigenvalue weighted by molar-refractivity contribution is 6.05. The number of amides is 3. The Balaban J connectivity index is 1.78. The third kappa shape index (κ3) is 2.66. The summed E-state index contributed by atoms with van der Waals surface area (Å²) in [6, 6.07) is 0.944. The molecule has 2 N–H and O–H groups in total. The number of anilines is 1. The molecule has 3 aliphatic heterocycles. The first-order valence-corrected chi connectivity index (χ1v) is 7.58. The highest BCUT2D eigenvalue weighted by Crippen LogP contribution is 2.33. The summed E-state index contributed by atoms with van der Waals surface area (Å²) in [5, 5.41) is 3.78. The number of nitrogens with one attached hydrogen (secondary N) is 2. The van der Waals surface area contributed by atoms with E-state index in [4.69, 9.17) is 11.0 Å². The number of benzene rings is 1. The van der Waals surface area contributed by atoms with Gasteiger partial charge < -0.3 is 15.1 Å². The van der Waals surface area contributed by atoms with Crippen LogP contribution >= 0.6 is 0 Å². The van der Waals surface area contributed by atoms with Gasteiger partial charge in [-0.1, -0.05) is 0 Å². The lowest BCUT2D eigenvalue weighted by Gasteiger charge is -2.30. The third-order valence-corrected chi connectivity index (χ3v) is 4.33. The number of hydrogen-bond acceptors (Lipinski definition) is 5. The van der Waals surface area contributed by atoms with Crippen LogP contribution in [0.4, 0.5) is 10.1 Å². The molecular formula is C17H19FN4O3. The molecule has 0 saturated carbocycles. The Bertz CT molecular complexity index is 1060. The fourth-order valence-electron chi connectivity index (χ4n) is 3.11. The molecule has 1 aromatic rings. The SMILES string of the molecule is [2H]C1([2H])NC([2H])([2H])C([2H])([2H])N(c2ccc3c(c2F)CN(C2CCC(=O)NC2=O)C3=O)C1([2H])[2H]. The van der Waals surface area contributed by atoms with Gasteiger partial charge in [-0.25, -0.2) is 4.39 Å². The molecule has 0 spiro atoms. The van der Waals surface area contributed by atoms with Crippen molar-refractivity contribution >= 4 is 23.4 Å². The fourth-order valence-corrected chi connectivity index (χ4v) is 3.11. The maximum absolute atomic E-state index is 15.6. The van der Waals surface area contributed by atoms with E-state index in [0.29, 0.717) is 0 Å². The monoisotopic (exact) mass is 354 g/mol. The Morgan fingerprint density at radius 2 is 1.96 bits per heavy atom. The largest absolute Gasteiger partial charge is 0.367 e. The molecule has 0 aliphatic carbocycles. The standard InChI is InChI=1S/C17H19FN4O3/c18-15-11-9-22(13-3-4-14(23)20-16(13)24)17(25)10(11)1-2-12(15)21-7-5-19-6-8-21/h1-2,13,19H,3-9H2,(H,20,23,24)/i5D2,6D2,7D2,8D2. The number of piperazine rings is 1. The predicted octanol–water partition coefficient (Wildman–Crippen LogP) is -0.00370. The normalized spacial score (nSPS) is 36.5. The van der Waals surface area contributed by atoms with Crippen LogP contribution in [0, 0.1) is 5.82 Å². The van der Waals surface area contributed by atoms with E-state index in [1.165, 1.54) is 0 Å².